The van der Waals surface area contributed by atoms with Crippen molar-refractivity contribution >= 4 is 35.8 Å². The zero-order valence-corrected chi connectivity index (χ0v) is 13.7. The number of hydrogen-bond donors (Lipinski definition) is 2. The highest BCUT2D eigenvalue weighted by atomic mass is 35.5. The molecule has 1 aromatic rings. The number of piperidine rings is 1. The Bertz CT molecular complexity index is 442. The van der Waals surface area contributed by atoms with Crippen molar-refractivity contribution in [3.8, 4) is 0 Å². The summed E-state index contributed by atoms with van der Waals surface area (Å²) in [7, 11) is 0. The number of carbonyl (C=O) groups is 1. The fraction of sp³-hybridized carbons (Fsp3) is 0.533. The number of benzene rings is 1. The van der Waals surface area contributed by atoms with E-state index < -0.39 is 0 Å². The Morgan fingerprint density at radius 3 is 3.00 bits per heavy atom. The molecule has 2 atom stereocenters. The largest absolute Gasteiger partial charge is 0.326 e. The van der Waals surface area contributed by atoms with Crippen molar-refractivity contribution in [2.24, 2.45) is 5.92 Å². The lowest BCUT2D eigenvalue weighted by molar-refractivity contribution is -0.120. The SMILES string of the molecule is CCSc1cccc(NC(=O)[C@H]2CCN[C@@H](C)C2)c1.Cl. The van der Waals surface area contributed by atoms with Gasteiger partial charge in [0.2, 0.25) is 5.91 Å². The zero-order chi connectivity index (χ0) is 13.7. The van der Waals surface area contributed by atoms with Crippen LogP contribution in [0.4, 0.5) is 5.69 Å². The zero-order valence-electron chi connectivity index (χ0n) is 12.0. The maximum Gasteiger partial charge on any atom is 0.227 e. The molecular weight excluding hydrogens is 292 g/mol. The summed E-state index contributed by atoms with van der Waals surface area (Å²) >= 11 is 1.79. The van der Waals surface area contributed by atoms with Crippen LogP contribution in [0.25, 0.3) is 0 Å². The van der Waals surface area contributed by atoms with Crippen molar-refractivity contribution in [2.45, 2.75) is 37.6 Å². The monoisotopic (exact) mass is 314 g/mol. The van der Waals surface area contributed by atoms with E-state index in [-0.39, 0.29) is 24.2 Å². The molecule has 112 valence electrons. The molecular formula is C15H23ClN2OS. The summed E-state index contributed by atoms with van der Waals surface area (Å²) in [5.74, 6) is 1.34. The van der Waals surface area contributed by atoms with Crippen LogP contribution in [0.2, 0.25) is 0 Å². The number of anilines is 1. The number of amides is 1. The Hall–Kier alpha value is -0.710. The van der Waals surface area contributed by atoms with Gasteiger partial charge in [-0.1, -0.05) is 13.0 Å². The van der Waals surface area contributed by atoms with Gasteiger partial charge in [-0.3, -0.25) is 4.79 Å². The highest BCUT2D eigenvalue weighted by molar-refractivity contribution is 7.99. The van der Waals surface area contributed by atoms with E-state index in [0.717, 1.165) is 30.8 Å². The van der Waals surface area contributed by atoms with Crippen molar-refractivity contribution in [1.29, 1.82) is 0 Å². The summed E-state index contributed by atoms with van der Waals surface area (Å²) in [6.07, 6.45) is 1.86. The van der Waals surface area contributed by atoms with Gasteiger partial charge in [-0.25, -0.2) is 0 Å². The lowest BCUT2D eigenvalue weighted by atomic mass is 9.92. The Kier molecular flexibility index (Phi) is 7.41. The molecule has 0 aliphatic carbocycles. The maximum atomic E-state index is 12.2. The Morgan fingerprint density at radius 2 is 2.30 bits per heavy atom. The molecule has 1 aliphatic heterocycles. The molecule has 1 saturated heterocycles. The quantitative estimate of drug-likeness (QED) is 0.835. The Morgan fingerprint density at radius 1 is 1.50 bits per heavy atom. The minimum Gasteiger partial charge on any atom is -0.326 e. The first-order valence-electron chi connectivity index (χ1n) is 6.96. The molecule has 1 heterocycles. The van der Waals surface area contributed by atoms with Crippen LogP contribution in [-0.2, 0) is 4.79 Å². The number of nitrogens with one attached hydrogen (secondary N) is 2. The van der Waals surface area contributed by atoms with E-state index in [1.807, 2.05) is 12.1 Å². The first kappa shape index (κ1) is 17.3. The summed E-state index contributed by atoms with van der Waals surface area (Å²) in [6.45, 7) is 5.20. The lowest BCUT2D eigenvalue weighted by Crippen LogP contribution is -2.40. The van der Waals surface area contributed by atoms with E-state index >= 15 is 0 Å². The van der Waals surface area contributed by atoms with E-state index in [1.54, 1.807) is 11.8 Å². The summed E-state index contributed by atoms with van der Waals surface area (Å²) in [5.41, 5.74) is 0.912. The highest BCUT2D eigenvalue weighted by Crippen LogP contribution is 2.23. The maximum absolute atomic E-state index is 12.2. The minimum atomic E-state index is 0. The first-order valence-corrected chi connectivity index (χ1v) is 7.94. The van der Waals surface area contributed by atoms with Gasteiger partial charge in [0.15, 0.2) is 0 Å². The van der Waals surface area contributed by atoms with Gasteiger partial charge in [0.05, 0.1) is 0 Å². The van der Waals surface area contributed by atoms with E-state index in [1.165, 1.54) is 4.90 Å². The van der Waals surface area contributed by atoms with Crippen LogP contribution in [0.3, 0.4) is 0 Å². The predicted molar refractivity (Wildman–Crippen MR) is 88.9 cm³/mol. The number of rotatable bonds is 4. The molecule has 0 saturated carbocycles. The molecule has 3 nitrogen and oxygen atoms in total. The first-order chi connectivity index (χ1) is 9.19. The van der Waals surface area contributed by atoms with Crippen LogP contribution in [-0.4, -0.2) is 24.2 Å². The summed E-state index contributed by atoms with van der Waals surface area (Å²) < 4.78 is 0. The van der Waals surface area contributed by atoms with E-state index in [0.29, 0.717) is 6.04 Å². The molecule has 5 heteroatoms. The molecule has 20 heavy (non-hydrogen) atoms. The van der Waals surface area contributed by atoms with Crippen molar-refractivity contribution in [3.63, 3.8) is 0 Å². The summed E-state index contributed by atoms with van der Waals surface area (Å²) in [4.78, 5) is 13.4. The van der Waals surface area contributed by atoms with Crippen molar-refractivity contribution < 1.29 is 4.79 Å². The summed E-state index contributed by atoms with van der Waals surface area (Å²) in [5, 5.41) is 6.42. The van der Waals surface area contributed by atoms with Crippen molar-refractivity contribution in [1.82, 2.24) is 5.32 Å². The normalized spacial score (nSPS) is 21.9. The molecule has 0 radical (unpaired) electrons. The van der Waals surface area contributed by atoms with Gasteiger partial charge in [0, 0.05) is 22.5 Å². The highest BCUT2D eigenvalue weighted by Gasteiger charge is 2.24. The van der Waals surface area contributed by atoms with Crippen molar-refractivity contribution in [3.05, 3.63) is 24.3 Å². The average Bonchev–Trinajstić information content (AvgIpc) is 2.39. The Balaban J connectivity index is 0.00000200. The second-order valence-corrected chi connectivity index (χ2v) is 6.36. The van der Waals surface area contributed by atoms with Crippen LogP contribution < -0.4 is 10.6 Å². The van der Waals surface area contributed by atoms with Gasteiger partial charge < -0.3 is 10.6 Å². The number of carbonyl (C=O) groups excluding carboxylic acids is 1. The summed E-state index contributed by atoms with van der Waals surface area (Å²) in [6, 6.07) is 8.53. The van der Waals surface area contributed by atoms with Gasteiger partial charge in [0.1, 0.15) is 0 Å². The number of halogens is 1. The van der Waals surface area contributed by atoms with Gasteiger partial charge in [-0.05, 0) is 50.3 Å². The molecule has 1 amide bonds. The molecule has 0 bridgehead atoms. The van der Waals surface area contributed by atoms with E-state index in [2.05, 4.69) is 36.6 Å². The van der Waals surface area contributed by atoms with Crippen LogP contribution in [0.1, 0.15) is 26.7 Å². The third kappa shape index (κ3) is 5.00. The molecule has 1 aromatic carbocycles. The molecule has 0 unspecified atom stereocenters. The Labute approximate surface area is 131 Å². The smallest absolute Gasteiger partial charge is 0.227 e. The average molecular weight is 315 g/mol. The molecule has 0 aromatic heterocycles. The van der Waals surface area contributed by atoms with Crippen LogP contribution in [0, 0.1) is 5.92 Å². The fourth-order valence-electron chi connectivity index (χ4n) is 2.44. The van der Waals surface area contributed by atoms with E-state index in [4.69, 9.17) is 0 Å². The number of thioether (sulfide) groups is 1. The second-order valence-electron chi connectivity index (χ2n) is 5.03. The standard InChI is InChI=1S/C15H22N2OS.ClH/c1-3-19-14-6-4-5-13(10-14)17-15(18)12-7-8-16-11(2)9-12;/h4-6,10-12,16H,3,7-9H2,1-2H3,(H,17,18);1H/t11-,12-;/m0./s1. The molecule has 1 aliphatic rings. The third-order valence-electron chi connectivity index (χ3n) is 3.41. The molecule has 1 fully saturated rings. The van der Waals surface area contributed by atoms with Crippen LogP contribution in [0.15, 0.2) is 29.2 Å². The minimum absolute atomic E-state index is 0. The molecule has 0 spiro atoms. The van der Waals surface area contributed by atoms with E-state index in [9.17, 15) is 4.79 Å². The van der Waals surface area contributed by atoms with Crippen molar-refractivity contribution in [2.75, 3.05) is 17.6 Å². The second kappa shape index (κ2) is 8.55. The van der Waals surface area contributed by atoms with Gasteiger partial charge >= 0.3 is 0 Å². The third-order valence-corrected chi connectivity index (χ3v) is 4.28. The van der Waals surface area contributed by atoms with Gasteiger partial charge in [-0.15, -0.1) is 24.2 Å². The lowest BCUT2D eigenvalue weighted by Gasteiger charge is -2.27. The predicted octanol–water partition coefficient (Wildman–Crippen LogP) is 3.55. The van der Waals surface area contributed by atoms with Crippen LogP contribution >= 0.6 is 24.2 Å². The molecule has 2 rings (SSSR count). The fourth-order valence-corrected chi connectivity index (χ4v) is 3.16. The van der Waals surface area contributed by atoms with Gasteiger partial charge in [0.25, 0.3) is 0 Å². The topological polar surface area (TPSA) is 41.1 Å². The van der Waals surface area contributed by atoms with Gasteiger partial charge in [-0.2, -0.15) is 0 Å². The molecule has 2 N–H and O–H groups in total. The van der Waals surface area contributed by atoms with Crippen LogP contribution in [0.5, 0.6) is 0 Å². The number of hydrogen-bond acceptors (Lipinski definition) is 3.